The van der Waals surface area contributed by atoms with Gasteiger partial charge in [-0.3, -0.25) is 4.79 Å². The van der Waals surface area contributed by atoms with E-state index in [0.29, 0.717) is 18.0 Å². The number of carboxylic acids is 1. The number of hydrogen-bond donors (Lipinski definition) is 2. The van der Waals surface area contributed by atoms with E-state index in [1.165, 1.54) is 10.7 Å². The molecule has 0 aliphatic carbocycles. The van der Waals surface area contributed by atoms with Gasteiger partial charge in [0.2, 0.25) is 5.91 Å². The molecule has 2 rings (SSSR count). The van der Waals surface area contributed by atoms with Gasteiger partial charge in [0, 0.05) is 6.54 Å². The Kier molecular flexibility index (Phi) is 3.97. The Labute approximate surface area is 115 Å². The van der Waals surface area contributed by atoms with Crippen molar-refractivity contribution in [1.29, 1.82) is 0 Å². The van der Waals surface area contributed by atoms with Gasteiger partial charge in [0.1, 0.15) is 12.1 Å². The van der Waals surface area contributed by atoms with Crippen molar-refractivity contribution in [3.8, 4) is 0 Å². The fourth-order valence-corrected chi connectivity index (χ4v) is 1.79. The number of rotatable bonds is 5. The number of nitrogens with zero attached hydrogens (tertiary/aromatic N) is 3. The third-order valence-corrected chi connectivity index (χ3v) is 2.78. The Balaban J connectivity index is 2.22. The zero-order valence-electron chi connectivity index (χ0n) is 11.3. The normalized spacial score (nSPS) is 10.9. The van der Waals surface area contributed by atoms with Crippen LogP contribution in [0.2, 0.25) is 0 Å². The minimum atomic E-state index is -1.06. The number of benzene rings is 1. The molecule has 2 aromatic rings. The van der Waals surface area contributed by atoms with Gasteiger partial charge in [0.15, 0.2) is 0 Å². The molecule has 1 amide bonds. The summed E-state index contributed by atoms with van der Waals surface area (Å²) in [4.78, 5) is 22.8. The number of nitrogens with one attached hydrogen (secondary N) is 1. The second-order valence-corrected chi connectivity index (χ2v) is 4.92. The maximum Gasteiger partial charge on any atom is 0.338 e. The van der Waals surface area contributed by atoms with Gasteiger partial charge in [-0.25, -0.2) is 9.48 Å². The Morgan fingerprint density at radius 2 is 2.15 bits per heavy atom. The highest BCUT2D eigenvalue weighted by molar-refractivity contribution is 6.00. The van der Waals surface area contributed by atoms with Crippen LogP contribution in [0.4, 0.5) is 0 Å². The first-order valence-corrected chi connectivity index (χ1v) is 6.31. The number of aromatic nitrogens is 3. The first kappa shape index (κ1) is 14.0. The summed E-state index contributed by atoms with van der Waals surface area (Å²) >= 11 is 0. The van der Waals surface area contributed by atoms with Crippen molar-refractivity contribution in [2.45, 2.75) is 20.4 Å². The lowest BCUT2D eigenvalue weighted by molar-refractivity contribution is -0.121. The van der Waals surface area contributed by atoms with Crippen LogP contribution < -0.4 is 5.32 Å². The van der Waals surface area contributed by atoms with Gasteiger partial charge in [-0.1, -0.05) is 25.1 Å². The van der Waals surface area contributed by atoms with E-state index >= 15 is 0 Å². The van der Waals surface area contributed by atoms with E-state index in [1.54, 1.807) is 12.1 Å². The molecule has 0 spiro atoms. The van der Waals surface area contributed by atoms with E-state index in [1.807, 2.05) is 13.8 Å². The molecule has 0 unspecified atom stereocenters. The molecule has 1 aromatic carbocycles. The molecule has 7 nitrogen and oxygen atoms in total. The molecule has 0 atom stereocenters. The lowest BCUT2D eigenvalue weighted by Gasteiger charge is -2.07. The molecule has 0 bridgehead atoms. The zero-order valence-corrected chi connectivity index (χ0v) is 11.3. The Bertz CT molecular complexity index is 648. The van der Waals surface area contributed by atoms with Gasteiger partial charge in [-0.2, -0.15) is 0 Å². The third kappa shape index (κ3) is 2.93. The van der Waals surface area contributed by atoms with Gasteiger partial charge in [-0.05, 0) is 18.1 Å². The van der Waals surface area contributed by atoms with Crippen LogP contribution in [0, 0.1) is 5.92 Å². The van der Waals surface area contributed by atoms with Crippen molar-refractivity contribution < 1.29 is 14.7 Å². The van der Waals surface area contributed by atoms with Crippen molar-refractivity contribution in [3.63, 3.8) is 0 Å². The van der Waals surface area contributed by atoms with Crippen LogP contribution in [-0.2, 0) is 11.3 Å². The number of carbonyl (C=O) groups is 2. The van der Waals surface area contributed by atoms with Crippen molar-refractivity contribution in [1.82, 2.24) is 20.3 Å². The number of aromatic carboxylic acids is 1. The second kappa shape index (κ2) is 5.68. The van der Waals surface area contributed by atoms with Crippen LogP contribution in [-0.4, -0.2) is 38.5 Å². The maximum absolute atomic E-state index is 11.8. The van der Waals surface area contributed by atoms with E-state index < -0.39 is 5.97 Å². The van der Waals surface area contributed by atoms with Crippen LogP contribution >= 0.6 is 0 Å². The molecular weight excluding hydrogens is 260 g/mol. The first-order valence-electron chi connectivity index (χ1n) is 6.31. The van der Waals surface area contributed by atoms with E-state index in [4.69, 9.17) is 5.11 Å². The summed E-state index contributed by atoms with van der Waals surface area (Å²) in [7, 11) is 0. The summed E-state index contributed by atoms with van der Waals surface area (Å²) in [6, 6.07) is 4.76. The predicted octanol–water partition coefficient (Wildman–Crippen LogP) is 0.902. The topological polar surface area (TPSA) is 97.1 Å². The highest BCUT2D eigenvalue weighted by atomic mass is 16.4. The van der Waals surface area contributed by atoms with Gasteiger partial charge in [-0.15, -0.1) is 5.10 Å². The fraction of sp³-hybridized carbons (Fsp3) is 0.385. The van der Waals surface area contributed by atoms with Crippen LogP contribution in [0.15, 0.2) is 18.2 Å². The van der Waals surface area contributed by atoms with Crippen LogP contribution in [0.5, 0.6) is 0 Å². The summed E-state index contributed by atoms with van der Waals surface area (Å²) in [5, 5.41) is 19.5. The fourth-order valence-electron chi connectivity index (χ4n) is 1.79. The molecule has 0 radical (unpaired) electrons. The van der Waals surface area contributed by atoms with Crippen LogP contribution in [0.1, 0.15) is 24.2 Å². The lowest BCUT2D eigenvalue weighted by atomic mass is 10.2. The Morgan fingerprint density at radius 1 is 1.40 bits per heavy atom. The first-order chi connectivity index (χ1) is 9.49. The molecule has 0 saturated heterocycles. The van der Waals surface area contributed by atoms with E-state index in [-0.39, 0.29) is 23.5 Å². The molecule has 0 saturated carbocycles. The highest BCUT2D eigenvalue weighted by Crippen LogP contribution is 2.15. The Morgan fingerprint density at radius 3 is 2.80 bits per heavy atom. The smallest absolute Gasteiger partial charge is 0.338 e. The third-order valence-electron chi connectivity index (χ3n) is 2.78. The second-order valence-electron chi connectivity index (χ2n) is 4.92. The number of carboxylic acid groups (broad SMARTS) is 1. The molecule has 106 valence electrons. The highest BCUT2D eigenvalue weighted by Gasteiger charge is 2.15. The molecule has 0 aliphatic rings. The summed E-state index contributed by atoms with van der Waals surface area (Å²) in [6.07, 6.45) is 0. The molecular formula is C13H16N4O3. The number of hydrogen-bond acceptors (Lipinski definition) is 4. The number of amides is 1. The molecule has 0 fully saturated rings. The van der Waals surface area contributed by atoms with Crippen molar-refractivity contribution in [3.05, 3.63) is 23.8 Å². The van der Waals surface area contributed by atoms with Gasteiger partial charge in [0.05, 0.1) is 11.1 Å². The standard InChI is InChI=1S/C13H16N4O3/c1-8(2)6-14-11(18)7-17-10-5-3-4-9(13(19)20)12(10)15-16-17/h3-5,8H,6-7H2,1-2H3,(H,14,18)(H,19,20). The van der Waals surface area contributed by atoms with Crippen molar-refractivity contribution in [2.24, 2.45) is 5.92 Å². The maximum atomic E-state index is 11.8. The molecule has 1 aromatic heterocycles. The summed E-state index contributed by atoms with van der Waals surface area (Å²) in [6.45, 7) is 4.62. The summed E-state index contributed by atoms with van der Waals surface area (Å²) in [5.41, 5.74) is 0.901. The van der Waals surface area contributed by atoms with Gasteiger partial charge >= 0.3 is 5.97 Å². The van der Waals surface area contributed by atoms with Crippen LogP contribution in [0.3, 0.4) is 0 Å². The molecule has 1 heterocycles. The average molecular weight is 276 g/mol. The SMILES string of the molecule is CC(C)CNC(=O)Cn1nnc2c(C(=O)O)cccc21. The predicted molar refractivity (Wildman–Crippen MR) is 72.3 cm³/mol. The molecule has 7 heteroatoms. The van der Waals surface area contributed by atoms with Crippen LogP contribution in [0.25, 0.3) is 11.0 Å². The summed E-state index contributed by atoms with van der Waals surface area (Å²) < 4.78 is 1.40. The van der Waals surface area contributed by atoms with E-state index in [0.717, 1.165) is 0 Å². The minimum Gasteiger partial charge on any atom is -0.478 e. The zero-order chi connectivity index (χ0) is 14.7. The molecule has 20 heavy (non-hydrogen) atoms. The largest absolute Gasteiger partial charge is 0.478 e. The van der Waals surface area contributed by atoms with E-state index in [9.17, 15) is 9.59 Å². The van der Waals surface area contributed by atoms with Crippen molar-refractivity contribution >= 4 is 22.9 Å². The minimum absolute atomic E-state index is 0.0201. The monoisotopic (exact) mass is 276 g/mol. The van der Waals surface area contributed by atoms with Crippen molar-refractivity contribution in [2.75, 3.05) is 6.54 Å². The Hall–Kier alpha value is -2.44. The quantitative estimate of drug-likeness (QED) is 0.845. The molecule has 0 aliphatic heterocycles. The molecule has 2 N–H and O–H groups in total. The average Bonchev–Trinajstić information content (AvgIpc) is 2.79. The summed E-state index contributed by atoms with van der Waals surface area (Å²) in [5.74, 6) is -0.872. The number of fused-ring (bicyclic) bond motifs is 1. The van der Waals surface area contributed by atoms with Gasteiger partial charge in [0.25, 0.3) is 0 Å². The number of carbonyl (C=O) groups excluding carboxylic acids is 1. The lowest BCUT2D eigenvalue weighted by Crippen LogP contribution is -2.30. The van der Waals surface area contributed by atoms with Gasteiger partial charge < -0.3 is 10.4 Å². The van der Waals surface area contributed by atoms with E-state index in [2.05, 4.69) is 15.6 Å².